The predicted molar refractivity (Wildman–Crippen MR) is 72.5 cm³/mol. The SMILES string of the molecule is C=C(Sc1nnc(C)s1)c1ccc(OC)cc1. The van der Waals surface area contributed by atoms with Crippen LogP contribution in [0.3, 0.4) is 0 Å². The molecule has 1 heterocycles. The lowest BCUT2D eigenvalue weighted by molar-refractivity contribution is 0.415. The molecule has 88 valence electrons. The second kappa shape index (κ2) is 5.33. The van der Waals surface area contributed by atoms with Crippen molar-refractivity contribution in [1.82, 2.24) is 10.2 Å². The molecule has 3 nitrogen and oxygen atoms in total. The first kappa shape index (κ1) is 12.1. The second-order valence-electron chi connectivity index (χ2n) is 3.34. The normalized spacial score (nSPS) is 10.2. The molecule has 0 N–H and O–H groups in total. The number of hydrogen-bond donors (Lipinski definition) is 0. The monoisotopic (exact) mass is 264 g/mol. The second-order valence-corrected chi connectivity index (χ2v) is 5.86. The molecule has 0 fully saturated rings. The maximum absolute atomic E-state index is 5.11. The lowest BCUT2D eigenvalue weighted by Gasteiger charge is -2.04. The van der Waals surface area contributed by atoms with E-state index >= 15 is 0 Å². The van der Waals surface area contributed by atoms with Gasteiger partial charge < -0.3 is 4.74 Å². The third-order valence-electron chi connectivity index (χ3n) is 2.13. The number of aromatic nitrogens is 2. The van der Waals surface area contributed by atoms with Crippen LogP contribution in [0.2, 0.25) is 0 Å². The summed E-state index contributed by atoms with van der Waals surface area (Å²) in [7, 11) is 1.66. The summed E-state index contributed by atoms with van der Waals surface area (Å²) in [5.74, 6) is 0.846. The van der Waals surface area contributed by atoms with Gasteiger partial charge in [0.05, 0.1) is 7.11 Å². The van der Waals surface area contributed by atoms with Gasteiger partial charge in [0.25, 0.3) is 0 Å². The lowest BCUT2D eigenvalue weighted by atomic mass is 10.2. The van der Waals surface area contributed by atoms with Crippen LogP contribution in [0, 0.1) is 6.92 Å². The Kier molecular flexibility index (Phi) is 3.81. The molecule has 2 rings (SSSR count). The van der Waals surface area contributed by atoms with E-state index in [9.17, 15) is 0 Å². The third kappa shape index (κ3) is 3.08. The summed E-state index contributed by atoms with van der Waals surface area (Å²) in [5.41, 5.74) is 1.07. The Morgan fingerprint density at radius 3 is 2.53 bits per heavy atom. The number of nitrogens with zero attached hydrogens (tertiary/aromatic N) is 2. The molecule has 0 saturated carbocycles. The van der Waals surface area contributed by atoms with Crippen molar-refractivity contribution < 1.29 is 4.74 Å². The molecule has 17 heavy (non-hydrogen) atoms. The maximum Gasteiger partial charge on any atom is 0.179 e. The van der Waals surface area contributed by atoms with Crippen molar-refractivity contribution >= 4 is 28.0 Å². The summed E-state index contributed by atoms with van der Waals surface area (Å²) in [5, 5.41) is 9.01. The van der Waals surface area contributed by atoms with E-state index in [2.05, 4.69) is 16.8 Å². The quantitative estimate of drug-likeness (QED) is 0.790. The van der Waals surface area contributed by atoms with Gasteiger partial charge in [-0.1, -0.05) is 41.8 Å². The number of hydrogen-bond acceptors (Lipinski definition) is 5. The highest BCUT2D eigenvalue weighted by Crippen LogP contribution is 2.34. The van der Waals surface area contributed by atoms with Gasteiger partial charge in [-0.2, -0.15) is 0 Å². The molecule has 0 bridgehead atoms. The average Bonchev–Trinajstić information content (AvgIpc) is 2.75. The van der Waals surface area contributed by atoms with Gasteiger partial charge in [-0.15, -0.1) is 10.2 Å². The molecule has 1 aromatic carbocycles. The summed E-state index contributed by atoms with van der Waals surface area (Å²) in [4.78, 5) is 0.962. The molecule has 0 aliphatic rings. The van der Waals surface area contributed by atoms with Gasteiger partial charge in [0.15, 0.2) is 4.34 Å². The van der Waals surface area contributed by atoms with Crippen LogP contribution in [-0.2, 0) is 0 Å². The Morgan fingerprint density at radius 1 is 1.29 bits per heavy atom. The highest BCUT2D eigenvalue weighted by molar-refractivity contribution is 8.09. The van der Waals surface area contributed by atoms with Gasteiger partial charge >= 0.3 is 0 Å². The molecule has 1 aromatic heterocycles. The van der Waals surface area contributed by atoms with Crippen LogP contribution >= 0.6 is 23.1 Å². The standard InChI is InChI=1S/C12H12N2OS2/c1-8(16-12-14-13-9(2)17-12)10-4-6-11(15-3)7-5-10/h4-7H,1H2,2-3H3. The van der Waals surface area contributed by atoms with Gasteiger partial charge in [0, 0.05) is 4.91 Å². The Labute approximate surface area is 109 Å². The number of benzene rings is 1. The molecule has 0 amide bonds. The minimum Gasteiger partial charge on any atom is -0.497 e. The molecule has 0 saturated heterocycles. The summed E-state index contributed by atoms with van der Waals surface area (Å²) < 4.78 is 6.03. The smallest absolute Gasteiger partial charge is 0.179 e. The van der Waals surface area contributed by atoms with E-state index in [-0.39, 0.29) is 0 Å². The molecular weight excluding hydrogens is 252 g/mol. The first-order chi connectivity index (χ1) is 8.19. The number of aryl methyl sites for hydroxylation is 1. The van der Waals surface area contributed by atoms with Gasteiger partial charge in [-0.25, -0.2) is 0 Å². The largest absolute Gasteiger partial charge is 0.497 e. The molecule has 0 atom stereocenters. The predicted octanol–water partition coefficient (Wildman–Crippen LogP) is 3.62. The van der Waals surface area contributed by atoms with Crippen molar-refractivity contribution in [1.29, 1.82) is 0 Å². The van der Waals surface area contributed by atoms with Gasteiger partial charge in [0.2, 0.25) is 0 Å². The van der Waals surface area contributed by atoms with E-state index < -0.39 is 0 Å². The average molecular weight is 264 g/mol. The molecular formula is C12H12N2OS2. The molecule has 5 heteroatoms. The van der Waals surface area contributed by atoms with Crippen LogP contribution < -0.4 is 4.74 Å². The van der Waals surface area contributed by atoms with Crippen LogP contribution in [0.25, 0.3) is 4.91 Å². The van der Waals surface area contributed by atoms with Gasteiger partial charge in [-0.3, -0.25) is 0 Å². The molecule has 0 radical (unpaired) electrons. The fourth-order valence-corrected chi connectivity index (χ4v) is 3.05. The fraction of sp³-hybridized carbons (Fsp3) is 0.167. The molecule has 0 unspecified atom stereocenters. The molecule has 0 aliphatic carbocycles. The Bertz CT molecular complexity index is 520. The Balaban J connectivity index is 2.09. The van der Waals surface area contributed by atoms with Gasteiger partial charge in [-0.05, 0) is 24.6 Å². The van der Waals surface area contributed by atoms with E-state index in [4.69, 9.17) is 4.74 Å². The van der Waals surface area contributed by atoms with Crippen molar-refractivity contribution in [2.45, 2.75) is 11.3 Å². The molecule has 0 aliphatic heterocycles. The number of methoxy groups -OCH3 is 1. The molecule has 2 aromatic rings. The third-order valence-corrected chi connectivity index (χ3v) is 4.00. The summed E-state index contributed by atoms with van der Waals surface area (Å²) in [6.45, 7) is 5.99. The Hall–Kier alpha value is -1.33. The van der Waals surface area contributed by atoms with Crippen LogP contribution in [0.5, 0.6) is 5.75 Å². The molecule has 0 spiro atoms. The van der Waals surface area contributed by atoms with Crippen LogP contribution in [0.15, 0.2) is 35.2 Å². The number of ether oxygens (including phenoxy) is 1. The zero-order valence-electron chi connectivity index (χ0n) is 9.64. The van der Waals surface area contributed by atoms with Crippen molar-refractivity contribution in [2.24, 2.45) is 0 Å². The van der Waals surface area contributed by atoms with E-state index in [1.165, 1.54) is 0 Å². The summed E-state index contributed by atoms with van der Waals surface area (Å²) >= 11 is 3.11. The Morgan fingerprint density at radius 2 is 2.00 bits per heavy atom. The van der Waals surface area contributed by atoms with Gasteiger partial charge in [0.1, 0.15) is 10.8 Å². The zero-order valence-corrected chi connectivity index (χ0v) is 11.3. The first-order valence-electron chi connectivity index (χ1n) is 5.00. The maximum atomic E-state index is 5.11. The highest BCUT2D eigenvalue weighted by atomic mass is 32.2. The highest BCUT2D eigenvalue weighted by Gasteiger charge is 2.06. The fourth-order valence-electron chi connectivity index (χ4n) is 1.26. The topological polar surface area (TPSA) is 35.0 Å². The van der Waals surface area contributed by atoms with Crippen molar-refractivity contribution in [3.8, 4) is 5.75 Å². The zero-order chi connectivity index (χ0) is 12.3. The van der Waals surface area contributed by atoms with E-state index in [1.54, 1.807) is 30.2 Å². The lowest BCUT2D eigenvalue weighted by Crippen LogP contribution is -1.83. The summed E-state index contributed by atoms with van der Waals surface area (Å²) in [6, 6.07) is 7.82. The number of thioether (sulfide) groups is 1. The van der Waals surface area contributed by atoms with Crippen LogP contribution in [0.4, 0.5) is 0 Å². The van der Waals surface area contributed by atoms with E-state index in [0.717, 1.165) is 25.6 Å². The first-order valence-corrected chi connectivity index (χ1v) is 6.63. The van der Waals surface area contributed by atoms with Crippen molar-refractivity contribution in [3.05, 3.63) is 41.4 Å². The minimum atomic E-state index is 0.846. The van der Waals surface area contributed by atoms with E-state index in [0.29, 0.717) is 0 Å². The van der Waals surface area contributed by atoms with Crippen LogP contribution in [0.1, 0.15) is 10.6 Å². The summed E-state index contributed by atoms with van der Waals surface area (Å²) in [6.07, 6.45) is 0. The van der Waals surface area contributed by atoms with Crippen molar-refractivity contribution in [2.75, 3.05) is 7.11 Å². The van der Waals surface area contributed by atoms with Crippen LogP contribution in [-0.4, -0.2) is 17.3 Å². The minimum absolute atomic E-state index is 0.846. The van der Waals surface area contributed by atoms with E-state index in [1.807, 2.05) is 31.2 Å². The van der Waals surface area contributed by atoms with Crippen molar-refractivity contribution in [3.63, 3.8) is 0 Å². The number of rotatable bonds is 4.